The zero-order valence-electron chi connectivity index (χ0n) is 51.2. The summed E-state index contributed by atoms with van der Waals surface area (Å²) in [6.07, 6.45) is -14.1. The number of aliphatic hydroxyl groups excluding tert-OH is 3. The van der Waals surface area contributed by atoms with E-state index in [1.807, 2.05) is 0 Å². The number of aliphatic hydroxyl groups is 3. The minimum atomic E-state index is -1.87. The van der Waals surface area contributed by atoms with Crippen LogP contribution in [0.1, 0.15) is 99.8 Å². The van der Waals surface area contributed by atoms with Crippen LogP contribution >= 0.6 is 0 Å². The molecular weight excluding hydrogens is 1340 g/mol. The lowest BCUT2D eigenvalue weighted by Crippen LogP contribution is -2.46. The molecule has 1 unspecified atom stereocenters. The van der Waals surface area contributed by atoms with E-state index in [0.717, 1.165) is 54.6 Å². The van der Waals surface area contributed by atoms with Gasteiger partial charge in [-0.3, -0.25) is 0 Å². The molecule has 3 heterocycles. The van der Waals surface area contributed by atoms with Gasteiger partial charge in [0, 0.05) is 107 Å². The summed E-state index contributed by atoms with van der Waals surface area (Å²) in [6.45, 7) is 0. The number of phenolic OH excluding ortho intramolecular Hbond substituents is 21. The molecule has 0 saturated heterocycles. The van der Waals surface area contributed by atoms with E-state index in [4.69, 9.17) is 28.4 Å². The molecule has 0 spiro atoms. The molecule has 0 bridgehead atoms. The molecule has 0 fully saturated rings. The fourth-order valence-corrected chi connectivity index (χ4v) is 12.5. The fraction of sp³-hybridized carbons (Fsp3) is 0.191. The SMILES string of the molecule is O=C(O[C@@H]1Cc2c(O)cc(O)c(Cc3c(O)c(Cc4c(O)cc(O)c5c4O[C@H](C4C=C(O)C(O)=C(O)C4)[C@H](OC(=O)c4cc(O)c(O)c(O)c4)C5)c(O)c4c3O[C@H](c3cc(O)c(O)c(O)c3)[C@H](OC(=O)c3cc(O)c(O)c(O)c3)C4)c2O[C@@H]1c1cc(O)c(O)c(O)c1)c1cc(O)c(O)c(O)c1. The molecule has 8 aromatic rings. The van der Waals surface area contributed by atoms with Crippen molar-refractivity contribution in [2.75, 3.05) is 0 Å². The second-order valence-corrected chi connectivity index (χ2v) is 23.9. The van der Waals surface area contributed by atoms with Crippen LogP contribution in [0, 0.1) is 5.92 Å². The van der Waals surface area contributed by atoms with Gasteiger partial charge in [0.25, 0.3) is 0 Å². The molecular formula is C68H56O33. The van der Waals surface area contributed by atoms with Crippen molar-refractivity contribution < 1.29 is 165 Å². The van der Waals surface area contributed by atoms with Crippen LogP contribution in [-0.2, 0) is 46.3 Å². The molecule has 0 amide bonds. The van der Waals surface area contributed by atoms with Crippen molar-refractivity contribution in [3.05, 3.63) is 163 Å². The average molecular weight is 1400 g/mol. The highest BCUT2D eigenvalue weighted by Gasteiger charge is 2.46. The van der Waals surface area contributed by atoms with Crippen molar-refractivity contribution in [2.45, 2.75) is 75.1 Å². The minimum Gasteiger partial charge on any atom is -0.508 e. The Hall–Kier alpha value is -13.8. The number of phenols is 21. The smallest absolute Gasteiger partial charge is 0.338 e. The average Bonchev–Trinajstić information content (AvgIpc) is 0.738. The molecule has 8 aromatic carbocycles. The Labute approximate surface area is 563 Å². The Bertz CT molecular complexity index is 4800. The quantitative estimate of drug-likeness (QED) is 0.0320. The Kier molecular flexibility index (Phi) is 16.7. The Morgan fingerprint density at radius 3 is 1.04 bits per heavy atom. The van der Waals surface area contributed by atoms with Gasteiger partial charge in [0.1, 0.15) is 81.9 Å². The van der Waals surface area contributed by atoms with E-state index < -0.39 is 299 Å². The van der Waals surface area contributed by atoms with Crippen LogP contribution in [0.5, 0.6) is 138 Å². The van der Waals surface area contributed by atoms with E-state index in [9.17, 15) is 137 Å². The van der Waals surface area contributed by atoms with Crippen LogP contribution in [0.4, 0.5) is 0 Å². The van der Waals surface area contributed by atoms with Gasteiger partial charge in [0.05, 0.1) is 16.7 Å². The number of esters is 3. The lowest BCUT2D eigenvalue weighted by molar-refractivity contribution is -0.0336. The van der Waals surface area contributed by atoms with E-state index >= 15 is 0 Å². The number of aromatic hydroxyl groups is 21. The van der Waals surface area contributed by atoms with Crippen LogP contribution < -0.4 is 14.2 Å². The molecule has 33 heteroatoms. The molecule has 33 nitrogen and oxygen atoms in total. The third-order valence-electron chi connectivity index (χ3n) is 17.6. The van der Waals surface area contributed by atoms with Gasteiger partial charge in [-0.2, -0.15) is 0 Å². The van der Waals surface area contributed by atoms with Crippen molar-refractivity contribution in [3.8, 4) is 138 Å². The molecule has 526 valence electrons. The minimum absolute atomic E-state index is 0.289. The zero-order chi connectivity index (χ0) is 73.0. The highest BCUT2D eigenvalue weighted by molar-refractivity contribution is 5.93. The second-order valence-electron chi connectivity index (χ2n) is 23.9. The van der Waals surface area contributed by atoms with Gasteiger partial charge in [-0.1, -0.05) is 0 Å². The molecule has 0 aromatic heterocycles. The summed E-state index contributed by atoms with van der Waals surface area (Å²) >= 11 is 0. The normalized spacial score (nSPS) is 19.0. The number of carbonyl (C=O) groups excluding carboxylic acids is 3. The van der Waals surface area contributed by atoms with Crippen molar-refractivity contribution in [1.29, 1.82) is 0 Å². The maximum absolute atomic E-state index is 14.2. The summed E-state index contributed by atoms with van der Waals surface area (Å²) in [5, 5.41) is 262. The van der Waals surface area contributed by atoms with Crippen LogP contribution in [0.2, 0.25) is 0 Å². The van der Waals surface area contributed by atoms with E-state index in [2.05, 4.69) is 0 Å². The van der Waals surface area contributed by atoms with Crippen LogP contribution in [0.3, 0.4) is 0 Å². The van der Waals surface area contributed by atoms with Gasteiger partial charge >= 0.3 is 17.9 Å². The third-order valence-corrected chi connectivity index (χ3v) is 17.6. The number of benzene rings is 8. The van der Waals surface area contributed by atoms with Crippen molar-refractivity contribution >= 4 is 17.9 Å². The van der Waals surface area contributed by atoms with Gasteiger partial charge in [-0.05, 0) is 66.7 Å². The highest BCUT2D eigenvalue weighted by Crippen LogP contribution is 2.57. The zero-order valence-corrected chi connectivity index (χ0v) is 51.2. The predicted octanol–water partition coefficient (Wildman–Crippen LogP) is 6.81. The summed E-state index contributed by atoms with van der Waals surface area (Å²) in [7, 11) is 0. The van der Waals surface area contributed by atoms with Crippen molar-refractivity contribution in [3.63, 3.8) is 0 Å². The van der Waals surface area contributed by atoms with Gasteiger partial charge in [0.2, 0.25) is 0 Å². The topological polar surface area (TPSA) is 592 Å². The summed E-state index contributed by atoms with van der Waals surface area (Å²) in [5.74, 6) is -29.9. The maximum Gasteiger partial charge on any atom is 0.338 e. The van der Waals surface area contributed by atoms with E-state index in [0.29, 0.717) is 24.3 Å². The molecule has 0 saturated carbocycles. The second kappa shape index (κ2) is 25.0. The van der Waals surface area contributed by atoms with E-state index in [1.165, 1.54) is 0 Å². The number of fused-ring (bicyclic) bond motifs is 3. The molecule has 7 atom stereocenters. The maximum atomic E-state index is 14.2. The van der Waals surface area contributed by atoms with Gasteiger partial charge in [-0.15, -0.1) is 0 Å². The third kappa shape index (κ3) is 12.0. The first-order chi connectivity index (χ1) is 47.7. The predicted molar refractivity (Wildman–Crippen MR) is 333 cm³/mol. The summed E-state index contributed by atoms with van der Waals surface area (Å²) in [4.78, 5) is 41.9. The number of hydrogen-bond donors (Lipinski definition) is 24. The standard InChI is InChI=1S/C68H56O33/c69-33-18-35(71)28-15-49(96-66(93)23-7-43(79)57(90)44(80)8-23)60(20-1-37(73)54(87)38(74)2-20)99-63(28)26(33)13-30-52(85)31(65-32(53(30)86)17-51(62(101-65)22-5-41(77)56(89)42(78)6-22)98-68(95)25-11-47(83)59(92)48(84)12-25)14-27-34(70)19-36(72)29-16-50(97-67(94)24-9-45(81)58(91)46(82)10-24)61(100-64(27)29)21-3-39(75)55(88)40(76)4-21/h1,3-12,18-20,49-51,60-62,69-92H,2,13-17H2/t20?,49-,50-,51-,60-,61-,62-/m1/s1. The molecule has 24 N–H and O–H groups in total. The van der Waals surface area contributed by atoms with Gasteiger partial charge < -0.3 is 151 Å². The van der Waals surface area contributed by atoms with Crippen LogP contribution in [0.25, 0.3) is 0 Å². The molecule has 0 radical (unpaired) electrons. The first kappa shape index (κ1) is 67.2. The number of rotatable bonds is 13. The van der Waals surface area contributed by atoms with Crippen LogP contribution in [-0.4, -0.2) is 165 Å². The first-order valence-electron chi connectivity index (χ1n) is 29.8. The number of ether oxygens (including phenoxy) is 6. The van der Waals surface area contributed by atoms with Crippen LogP contribution in [0.15, 0.2) is 96.1 Å². The Balaban J connectivity index is 1.04. The molecule has 4 aliphatic rings. The van der Waals surface area contributed by atoms with E-state index in [-0.39, 0.29) is 22.3 Å². The summed E-state index contributed by atoms with van der Waals surface area (Å²) in [6, 6.07) is 9.20. The van der Waals surface area contributed by atoms with Crippen molar-refractivity contribution in [2.24, 2.45) is 5.92 Å². The Morgan fingerprint density at radius 2 is 0.653 bits per heavy atom. The monoisotopic (exact) mass is 1400 g/mol. The molecule has 1 aliphatic carbocycles. The van der Waals surface area contributed by atoms with Gasteiger partial charge in [0.15, 0.2) is 110 Å². The highest BCUT2D eigenvalue weighted by atomic mass is 16.6. The lowest BCUT2D eigenvalue weighted by atomic mass is 9.83. The number of hydrogen-bond acceptors (Lipinski definition) is 33. The first-order valence-corrected chi connectivity index (χ1v) is 29.8. The number of allylic oxidation sites excluding steroid dienone is 1. The van der Waals surface area contributed by atoms with Gasteiger partial charge in [-0.25, -0.2) is 14.4 Å². The van der Waals surface area contributed by atoms with Crippen molar-refractivity contribution in [1.82, 2.24) is 0 Å². The summed E-state index contributed by atoms with van der Waals surface area (Å²) < 4.78 is 37.1. The Morgan fingerprint density at radius 1 is 0.327 bits per heavy atom. The molecule has 101 heavy (non-hydrogen) atoms. The number of carbonyl (C=O) groups is 3. The molecule has 12 rings (SSSR count). The lowest BCUT2D eigenvalue weighted by Gasteiger charge is -2.39. The largest absolute Gasteiger partial charge is 0.508 e. The van der Waals surface area contributed by atoms with E-state index in [1.54, 1.807) is 0 Å². The summed E-state index contributed by atoms with van der Waals surface area (Å²) in [5.41, 5.74) is -5.53. The fourth-order valence-electron chi connectivity index (χ4n) is 12.5. The molecule has 3 aliphatic heterocycles.